The summed E-state index contributed by atoms with van der Waals surface area (Å²) in [6, 6.07) is 3.29. The second-order valence-corrected chi connectivity index (χ2v) is 5.31. The Bertz CT molecular complexity index is 411. The van der Waals surface area contributed by atoms with Gasteiger partial charge in [-0.2, -0.15) is 0 Å². The third-order valence-corrected chi connectivity index (χ3v) is 3.70. The lowest BCUT2D eigenvalue weighted by Crippen LogP contribution is -2.31. The predicted octanol–water partition coefficient (Wildman–Crippen LogP) is 2.22. The van der Waals surface area contributed by atoms with Crippen LogP contribution in [0.1, 0.15) is 43.1 Å². The maximum Gasteiger partial charge on any atom is 0.269 e. The normalized spacial score (nSPS) is 23.6. The van der Waals surface area contributed by atoms with Crippen LogP contribution in [-0.2, 0) is 0 Å². The zero-order valence-corrected chi connectivity index (χ0v) is 10.9. The molecule has 0 saturated heterocycles. The van der Waals surface area contributed by atoms with Crippen LogP contribution in [0.15, 0.2) is 18.3 Å². The van der Waals surface area contributed by atoms with Crippen molar-refractivity contribution in [1.29, 1.82) is 0 Å². The van der Waals surface area contributed by atoms with Gasteiger partial charge in [0.15, 0.2) is 0 Å². The van der Waals surface area contributed by atoms with E-state index in [-0.39, 0.29) is 5.91 Å². The van der Waals surface area contributed by atoms with Crippen molar-refractivity contribution in [2.24, 2.45) is 11.8 Å². The van der Waals surface area contributed by atoms with E-state index in [4.69, 9.17) is 5.73 Å². The van der Waals surface area contributed by atoms with Gasteiger partial charge in [-0.25, -0.2) is 0 Å². The van der Waals surface area contributed by atoms with E-state index in [1.165, 1.54) is 25.7 Å². The molecule has 3 N–H and O–H groups in total. The van der Waals surface area contributed by atoms with Crippen molar-refractivity contribution >= 4 is 11.6 Å². The smallest absolute Gasteiger partial charge is 0.269 e. The van der Waals surface area contributed by atoms with Gasteiger partial charge in [-0.3, -0.25) is 9.78 Å². The van der Waals surface area contributed by atoms with E-state index in [2.05, 4.69) is 17.2 Å². The molecule has 1 aliphatic carbocycles. The molecule has 1 heterocycles. The van der Waals surface area contributed by atoms with Gasteiger partial charge in [0.05, 0.1) is 0 Å². The summed E-state index contributed by atoms with van der Waals surface area (Å²) >= 11 is 0. The van der Waals surface area contributed by atoms with Crippen molar-refractivity contribution in [3.63, 3.8) is 0 Å². The fraction of sp³-hybridized carbons (Fsp3) is 0.571. The number of hydrogen-bond donors (Lipinski definition) is 2. The molecule has 0 aromatic carbocycles. The van der Waals surface area contributed by atoms with Gasteiger partial charge < -0.3 is 11.1 Å². The van der Waals surface area contributed by atoms with Crippen molar-refractivity contribution in [2.75, 3.05) is 12.3 Å². The summed E-state index contributed by atoms with van der Waals surface area (Å²) in [7, 11) is 0. The molecule has 0 aliphatic heterocycles. The molecule has 0 radical (unpaired) electrons. The van der Waals surface area contributed by atoms with Crippen molar-refractivity contribution < 1.29 is 4.79 Å². The highest BCUT2D eigenvalue weighted by Gasteiger charge is 2.19. The average Bonchev–Trinajstić information content (AvgIpc) is 2.38. The number of nitrogens with one attached hydrogen (secondary N) is 1. The molecule has 4 heteroatoms. The first-order valence-corrected chi connectivity index (χ1v) is 6.65. The topological polar surface area (TPSA) is 68.0 Å². The van der Waals surface area contributed by atoms with Gasteiger partial charge in [-0.1, -0.05) is 19.8 Å². The zero-order chi connectivity index (χ0) is 13.0. The fourth-order valence-electron chi connectivity index (χ4n) is 2.43. The number of nitrogens with two attached hydrogens (primary N) is 1. The molecule has 1 aliphatic rings. The van der Waals surface area contributed by atoms with E-state index >= 15 is 0 Å². The first-order chi connectivity index (χ1) is 8.65. The van der Waals surface area contributed by atoms with E-state index in [0.717, 1.165) is 12.5 Å². The van der Waals surface area contributed by atoms with Crippen LogP contribution in [0, 0.1) is 11.8 Å². The van der Waals surface area contributed by atoms with Crippen LogP contribution in [0.4, 0.5) is 5.69 Å². The Balaban J connectivity index is 1.81. The molecule has 18 heavy (non-hydrogen) atoms. The molecular formula is C14H21N3O. The van der Waals surface area contributed by atoms with Crippen LogP contribution in [-0.4, -0.2) is 17.4 Å². The second kappa shape index (κ2) is 5.85. The van der Waals surface area contributed by atoms with E-state index < -0.39 is 0 Å². The van der Waals surface area contributed by atoms with Gasteiger partial charge >= 0.3 is 0 Å². The third-order valence-electron chi connectivity index (χ3n) is 3.70. The Morgan fingerprint density at radius 1 is 1.44 bits per heavy atom. The largest absolute Gasteiger partial charge is 0.399 e. The van der Waals surface area contributed by atoms with Gasteiger partial charge in [-0.15, -0.1) is 0 Å². The third kappa shape index (κ3) is 3.45. The highest BCUT2D eigenvalue weighted by atomic mass is 16.1. The second-order valence-electron chi connectivity index (χ2n) is 5.31. The Morgan fingerprint density at radius 2 is 2.17 bits per heavy atom. The van der Waals surface area contributed by atoms with Gasteiger partial charge in [-0.05, 0) is 36.8 Å². The minimum Gasteiger partial charge on any atom is -0.399 e. The molecule has 98 valence electrons. The molecule has 1 saturated carbocycles. The molecule has 4 nitrogen and oxygen atoms in total. The van der Waals surface area contributed by atoms with Crippen LogP contribution >= 0.6 is 0 Å². The van der Waals surface area contributed by atoms with Gasteiger partial charge in [0, 0.05) is 18.4 Å². The Hall–Kier alpha value is -1.58. The van der Waals surface area contributed by atoms with Gasteiger partial charge in [0.1, 0.15) is 5.69 Å². The number of anilines is 1. The summed E-state index contributed by atoms with van der Waals surface area (Å²) in [5.74, 6) is 1.33. The molecule has 0 spiro atoms. The molecule has 1 amide bonds. The minimum absolute atomic E-state index is 0.124. The number of nitrogens with zero attached hydrogens (tertiary/aromatic N) is 1. The molecule has 1 fully saturated rings. The molecule has 2 rings (SSSR count). The van der Waals surface area contributed by atoms with Crippen molar-refractivity contribution in [2.45, 2.75) is 32.6 Å². The average molecular weight is 247 g/mol. The summed E-state index contributed by atoms with van der Waals surface area (Å²) in [6.45, 7) is 3.05. The fourth-order valence-corrected chi connectivity index (χ4v) is 2.43. The number of aromatic nitrogens is 1. The zero-order valence-electron chi connectivity index (χ0n) is 10.9. The Kier molecular flexibility index (Phi) is 4.18. The van der Waals surface area contributed by atoms with Gasteiger partial charge in [0.25, 0.3) is 5.91 Å². The SMILES string of the molecule is CC1CCC(CNC(=O)c2cc(N)ccn2)CC1. The molecule has 0 unspecified atom stereocenters. The number of hydrogen-bond acceptors (Lipinski definition) is 3. The van der Waals surface area contributed by atoms with Crippen LogP contribution in [0.5, 0.6) is 0 Å². The summed E-state index contributed by atoms with van der Waals surface area (Å²) in [5, 5.41) is 2.95. The Labute approximate surface area is 108 Å². The number of nitrogen functional groups attached to an aromatic ring is 1. The summed E-state index contributed by atoms with van der Waals surface area (Å²) < 4.78 is 0. The van der Waals surface area contributed by atoms with Crippen molar-refractivity contribution in [1.82, 2.24) is 10.3 Å². The highest BCUT2D eigenvalue weighted by molar-refractivity contribution is 5.92. The van der Waals surface area contributed by atoms with Gasteiger partial charge in [0.2, 0.25) is 0 Å². The maximum absolute atomic E-state index is 11.9. The maximum atomic E-state index is 11.9. The first kappa shape index (κ1) is 12.9. The lowest BCUT2D eigenvalue weighted by atomic mass is 9.83. The van der Waals surface area contributed by atoms with E-state index in [1.807, 2.05) is 0 Å². The van der Waals surface area contributed by atoms with Crippen LogP contribution < -0.4 is 11.1 Å². The quantitative estimate of drug-likeness (QED) is 0.860. The van der Waals surface area contributed by atoms with Crippen LogP contribution in [0.2, 0.25) is 0 Å². The molecule has 0 atom stereocenters. The van der Waals surface area contributed by atoms with Crippen molar-refractivity contribution in [3.05, 3.63) is 24.0 Å². The Morgan fingerprint density at radius 3 is 2.83 bits per heavy atom. The standard InChI is InChI=1S/C14H21N3O/c1-10-2-4-11(5-3-10)9-17-14(18)13-8-12(15)6-7-16-13/h6-8,10-11H,2-5,9H2,1H3,(H2,15,16)(H,17,18). The summed E-state index contributed by atoms with van der Waals surface area (Å²) in [4.78, 5) is 15.9. The summed E-state index contributed by atoms with van der Waals surface area (Å²) in [5.41, 5.74) is 6.60. The number of carbonyl (C=O) groups excluding carboxylic acids is 1. The van der Waals surface area contributed by atoms with E-state index in [9.17, 15) is 4.79 Å². The first-order valence-electron chi connectivity index (χ1n) is 6.65. The van der Waals surface area contributed by atoms with E-state index in [1.54, 1.807) is 18.3 Å². The van der Waals surface area contributed by atoms with Crippen molar-refractivity contribution in [3.8, 4) is 0 Å². The molecular weight excluding hydrogens is 226 g/mol. The van der Waals surface area contributed by atoms with E-state index in [0.29, 0.717) is 17.3 Å². The summed E-state index contributed by atoms with van der Waals surface area (Å²) in [6.07, 6.45) is 6.54. The minimum atomic E-state index is -0.124. The number of pyridine rings is 1. The molecule has 0 bridgehead atoms. The van der Waals surface area contributed by atoms with Crippen LogP contribution in [0.25, 0.3) is 0 Å². The highest BCUT2D eigenvalue weighted by Crippen LogP contribution is 2.27. The number of rotatable bonds is 3. The number of carbonyl (C=O) groups is 1. The monoisotopic (exact) mass is 247 g/mol. The predicted molar refractivity (Wildman–Crippen MR) is 72.1 cm³/mol. The lowest BCUT2D eigenvalue weighted by molar-refractivity contribution is 0.0937. The molecule has 1 aromatic heterocycles. The molecule has 1 aromatic rings. The number of amides is 1. The van der Waals surface area contributed by atoms with Crippen LogP contribution in [0.3, 0.4) is 0 Å². The lowest BCUT2D eigenvalue weighted by Gasteiger charge is -2.26.